The molecule has 0 aromatic rings. The van der Waals surface area contributed by atoms with Crippen LogP contribution in [0.2, 0.25) is 0 Å². The molecule has 0 radical (unpaired) electrons. The van der Waals surface area contributed by atoms with Crippen molar-refractivity contribution in [1.82, 2.24) is 0 Å². The summed E-state index contributed by atoms with van der Waals surface area (Å²) in [4.78, 5) is 0. The minimum absolute atomic E-state index is 0.232. The van der Waals surface area contributed by atoms with Crippen LogP contribution in [0.15, 0.2) is 11.6 Å². The van der Waals surface area contributed by atoms with E-state index in [-0.39, 0.29) is 5.60 Å². The molecule has 2 fully saturated rings. The fourth-order valence-corrected chi connectivity index (χ4v) is 3.50. The van der Waals surface area contributed by atoms with Crippen molar-refractivity contribution < 1.29 is 4.74 Å². The van der Waals surface area contributed by atoms with Gasteiger partial charge in [-0.3, -0.25) is 0 Å². The molecule has 1 heterocycles. The number of hydrogen-bond donors (Lipinski definition) is 0. The molecule has 0 aromatic heterocycles. The standard InChI is InChI=1S/C13H20O/c1-12(2)7-4-5-9-10(12)6-8-13(3)11(9)14-13/h5,10-11H,4,6-8H2,1-3H3. The van der Waals surface area contributed by atoms with Crippen molar-refractivity contribution in [3.8, 4) is 0 Å². The van der Waals surface area contributed by atoms with Gasteiger partial charge in [0.15, 0.2) is 0 Å². The van der Waals surface area contributed by atoms with Crippen molar-refractivity contribution >= 4 is 0 Å². The fourth-order valence-electron chi connectivity index (χ4n) is 3.50. The molecule has 3 rings (SSSR count). The summed E-state index contributed by atoms with van der Waals surface area (Å²) in [6.45, 7) is 7.13. The van der Waals surface area contributed by atoms with Gasteiger partial charge in [0, 0.05) is 0 Å². The van der Waals surface area contributed by atoms with Gasteiger partial charge in [0.25, 0.3) is 0 Å². The Labute approximate surface area is 86.5 Å². The Hall–Kier alpha value is -0.300. The quantitative estimate of drug-likeness (QED) is 0.424. The summed E-state index contributed by atoms with van der Waals surface area (Å²) < 4.78 is 5.86. The topological polar surface area (TPSA) is 12.5 Å². The van der Waals surface area contributed by atoms with Crippen molar-refractivity contribution in [1.29, 1.82) is 0 Å². The third-order valence-corrected chi connectivity index (χ3v) is 4.63. The lowest BCUT2D eigenvalue weighted by Crippen LogP contribution is -2.36. The lowest BCUT2D eigenvalue weighted by Gasteiger charge is -2.41. The molecule has 1 nitrogen and oxygen atoms in total. The molecule has 0 bridgehead atoms. The van der Waals surface area contributed by atoms with Gasteiger partial charge < -0.3 is 4.74 Å². The Kier molecular flexibility index (Phi) is 1.56. The van der Waals surface area contributed by atoms with Crippen LogP contribution in [0.25, 0.3) is 0 Å². The molecule has 78 valence electrons. The monoisotopic (exact) mass is 192 g/mol. The summed E-state index contributed by atoms with van der Waals surface area (Å²) in [6.07, 6.45) is 8.17. The van der Waals surface area contributed by atoms with Gasteiger partial charge in [-0.15, -0.1) is 0 Å². The highest BCUT2D eigenvalue weighted by atomic mass is 16.6. The highest BCUT2D eigenvalue weighted by molar-refractivity contribution is 5.31. The zero-order valence-electron chi connectivity index (χ0n) is 9.47. The van der Waals surface area contributed by atoms with Gasteiger partial charge in [0.2, 0.25) is 0 Å². The Bertz CT molecular complexity index is 302. The van der Waals surface area contributed by atoms with Crippen LogP contribution in [0.4, 0.5) is 0 Å². The number of fused-ring (bicyclic) bond motifs is 3. The van der Waals surface area contributed by atoms with E-state index in [1.807, 2.05) is 0 Å². The van der Waals surface area contributed by atoms with Crippen molar-refractivity contribution in [3.63, 3.8) is 0 Å². The van der Waals surface area contributed by atoms with Gasteiger partial charge in [-0.05, 0) is 49.5 Å². The maximum absolute atomic E-state index is 5.86. The molecule has 0 N–H and O–H groups in total. The molecule has 3 aliphatic rings. The Morgan fingerprint density at radius 3 is 2.86 bits per heavy atom. The zero-order valence-corrected chi connectivity index (χ0v) is 9.47. The van der Waals surface area contributed by atoms with Crippen molar-refractivity contribution in [2.45, 2.75) is 58.2 Å². The third-order valence-electron chi connectivity index (χ3n) is 4.63. The van der Waals surface area contributed by atoms with E-state index >= 15 is 0 Å². The van der Waals surface area contributed by atoms with Crippen LogP contribution >= 0.6 is 0 Å². The molecule has 1 aliphatic heterocycles. The maximum Gasteiger partial charge on any atom is 0.108 e. The van der Waals surface area contributed by atoms with Gasteiger partial charge in [-0.1, -0.05) is 19.9 Å². The van der Waals surface area contributed by atoms with Gasteiger partial charge in [0.1, 0.15) is 6.10 Å². The highest BCUT2D eigenvalue weighted by Crippen LogP contribution is 2.58. The van der Waals surface area contributed by atoms with E-state index < -0.39 is 0 Å². The first-order valence-corrected chi connectivity index (χ1v) is 5.91. The average molecular weight is 192 g/mol. The summed E-state index contributed by atoms with van der Waals surface area (Å²) in [5, 5.41) is 0. The summed E-state index contributed by atoms with van der Waals surface area (Å²) in [5.41, 5.74) is 2.38. The van der Waals surface area contributed by atoms with Crippen molar-refractivity contribution in [2.75, 3.05) is 0 Å². The van der Waals surface area contributed by atoms with Crippen molar-refractivity contribution in [2.24, 2.45) is 11.3 Å². The first kappa shape index (κ1) is 8.96. The zero-order chi connectivity index (χ0) is 9.97. The summed E-state index contributed by atoms with van der Waals surface area (Å²) in [5.74, 6) is 0.803. The van der Waals surface area contributed by atoms with E-state index in [9.17, 15) is 0 Å². The molecule has 1 saturated heterocycles. The predicted molar refractivity (Wildman–Crippen MR) is 57.1 cm³/mol. The molecule has 0 amide bonds. The predicted octanol–water partition coefficient (Wildman–Crippen LogP) is 3.30. The SMILES string of the molecule is CC1(C)CCC=C2C1CCC1(C)OC21. The molecule has 0 aromatic carbocycles. The number of allylic oxidation sites excluding steroid dienone is 1. The first-order valence-electron chi connectivity index (χ1n) is 5.91. The van der Waals surface area contributed by atoms with E-state index in [2.05, 4.69) is 26.8 Å². The molecule has 14 heavy (non-hydrogen) atoms. The number of rotatable bonds is 0. The lowest BCUT2D eigenvalue weighted by molar-refractivity contribution is 0.181. The van der Waals surface area contributed by atoms with Crippen LogP contribution < -0.4 is 0 Å². The van der Waals surface area contributed by atoms with Crippen LogP contribution in [-0.4, -0.2) is 11.7 Å². The molecule has 0 spiro atoms. The molecule has 3 atom stereocenters. The molecule has 1 heteroatoms. The smallest absolute Gasteiger partial charge is 0.108 e. The number of hydrogen-bond acceptors (Lipinski definition) is 1. The second-order valence-corrected chi connectivity index (χ2v) is 6.13. The maximum atomic E-state index is 5.86. The lowest BCUT2D eigenvalue weighted by atomic mass is 9.62. The third kappa shape index (κ3) is 1.05. The minimum atomic E-state index is 0.232. The second kappa shape index (κ2) is 2.44. The molecular weight excluding hydrogens is 172 g/mol. The van der Waals surface area contributed by atoms with E-state index in [1.54, 1.807) is 5.57 Å². The van der Waals surface area contributed by atoms with Gasteiger partial charge in [-0.25, -0.2) is 0 Å². The first-order chi connectivity index (χ1) is 6.53. The van der Waals surface area contributed by atoms with Gasteiger partial charge in [0.05, 0.1) is 5.60 Å². The Morgan fingerprint density at radius 2 is 2.07 bits per heavy atom. The van der Waals surface area contributed by atoms with E-state index in [1.165, 1.54) is 25.7 Å². The second-order valence-electron chi connectivity index (χ2n) is 6.13. The average Bonchev–Trinajstić information content (AvgIpc) is 2.76. The van der Waals surface area contributed by atoms with Crippen LogP contribution in [0.5, 0.6) is 0 Å². The normalized spacial score (nSPS) is 48.9. The van der Waals surface area contributed by atoms with E-state index in [0.717, 1.165) is 5.92 Å². The largest absolute Gasteiger partial charge is 0.362 e. The molecule has 3 unspecified atom stereocenters. The fraction of sp³-hybridized carbons (Fsp3) is 0.846. The molecule has 2 aliphatic carbocycles. The van der Waals surface area contributed by atoms with Crippen molar-refractivity contribution in [3.05, 3.63) is 11.6 Å². The Balaban J connectivity index is 1.94. The van der Waals surface area contributed by atoms with E-state index in [0.29, 0.717) is 11.5 Å². The molecule has 1 saturated carbocycles. The van der Waals surface area contributed by atoms with Gasteiger partial charge >= 0.3 is 0 Å². The van der Waals surface area contributed by atoms with Crippen LogP contribution in [0.3, 0.4) is 0 Å². The van der Waals surface area contributed by atoms with Crippen LogP contribution in [0.1, 0.15) is 46.5 Å². The summed E-state index contributed by atoms with van der Waals surface area (Å²) >= 11 is 0. The number of epoxide rings is 1. The van der Waals surface area contributed by atoms with Gasteiger partial charge in [-0.2, -0.15) is 0 Å². The summed E-state index contributed by atoms with van der Waals surface area (Å²) in [6, 6.07) is 0. The highest BCUT2D eigenvalue weighted by Gasteiger charge is 2.60. The number of ether oxygens (including phenoxy) is 1. The van der Waals surface area contributed by atoms with Crippen LogP contribution in [0, 0.1) is 11.3 Å². The summed E-state index contributed by atoms with van der Waals surface area (Å²) in [7, 11) is 0. The molecular formula is C13H20O. The minimum Gasteiger partial charge on any atom is -0.362 e. The van der Waals surface area contributed by atoms with E-state index in [4.69, 9.17) is 4.74 Å². The Morgan fingerprint density at radius 1 is 1.29 bits per heavy atom. The van der Waals surface area contributed by atoms with Crippen LogP contribution in [-0.2, 0) is 4.74 Å².